The third-order valence-electron chi connectivity index (χ3n) is 3.28. The second-order valence-electron chi connectivity index (χ2n) is 4.84. The molecular weight excluding hydrogens is 258 g/mol. The molecule has 0 aromatic carbocycles. The van der Waals surface area contributed by atoms with E-state index >= 15 is 0 Å². The van der Waals surface area contributed by atoms with Crippen molar-refractivity contribution in [1.29, 1.82) is 0 Å². The van der Waals surface area contributed by atoms with E-state index in [0.717, 1.165) is 18.7 Å². The van der Waals surface area contributed by atoms with Gasteiger partial charge in [0.05, 0.1) is 6.61 Å². The normalized spacial score (nSPS) is 20.2. The van der Waals surface area contributed by atoms with Crippen molar-refractivity contribution < 1.29 is 9.26 Å². The van der Waals surface area contributed by atoms with E-state index in [0.29, 0.717) is 30.6 Å². The van der Waals surface area contributed by atoms with Crippen LogP contribution in [0.15, 0.2) is 22.9 Å². The zero-order valence-electron chi connectivity index (χ0n) is 11.3. The molecule has 1 atom stereocenters. The molecule has 20 heavy (non-hydrogen) atoms. The third-order valence-corrected chi connectivity index (χ3v) is 3.28. The van der Waals surface area contributed by atoms with Gasteiger partial charge in [-0.25, -0.2) is 0 Å². The Morgan fingerprint density at radius 2 is 2.35 bits per heavy atom. The summed E-state index contributed by atoms with van der Waals surface area (Å²) in [6, 6.07) is 3.73. The van der Waals surface area contributed by atoms with Crippen molar-refractivity contribution in [3.05, 3.63) is 29.7 Å². The first kappa shape index (κ1) is 13.2. The van der Waals surface area contributed by atoms with Gasteiger partial charge in [-0.2, -0.15) is 4.98 Å². The smallest absolute Gasteiger partial charge is 0.276 e. The van der Waals surface area contributed by atoms with Crippen LogP contribution in [-0.4, -0.2) is 46.8 Å². The third kappa shape index (κ3) is 2.69. The van der Waals surface area contributed by atoms with Gasteiger partial charge in [-0.15, -0.1) is 0 Å². The molecule has 7 nitrogen and oxygen atoms in total. The van der Waals surface area contributed by atoms with Crippen LogP contribution in [0.1, 0.15) is 17.5 Å². The summed E-state index contributed by atoms with van der Waals surface area (Å²) in [4.78, 5) is 10.8. The first-order valence-corrected chi connectivity index (χ1v) is 6.55. The second kappa shape index (κ2) is 5.66. The van der Waals surface area contributed by atoms with Crippen LogP contribution in [0.5, 0.6) is 0 Å². The molecule has 1 aliphatic heterocycles. The Morgan fingerprint density at radius 3 is 3.05 bits per heavy atom. The van der Waals surface area contributed by atoms with E-state index in [1.165, 1.54) is 0 Å². The Kier molecular flexibility index (Phi) is 3.72. The van der Waals surface area contributed by atoms with Crippen LogP contribution in [-0.2, 0) is 11.3 Å². The Hall–Kier alpha value is -1.83. The molecule has 2 aromatic heterocycles. The van der Waals surface area contributed by atoms with Gasteiger partial charge in [-0.1, -0.05) is 11.2 Å². The van der Waals surface area contributed by atoms with E-state index in [1.807, 2.05) is 19.2 Å². The van der Waals surface area contributed by atoms with Gasteiger partial charge in [0.15, 0.2) is 0 Å². The zero-order chi connectivity index (χ0) is 13.9. The van der Waals surface area contributed by atoms with Crippen LogP contribution in [0.3, 0.4) is 0 Å². The number of hydrogen-bond donors (Lipinski definition) is 1. The molecule has 3 rings (SSSR count). The van der Waals surface area contributed by atoms with Gasteiger partial charge in [0.2, 0.25) is 5.82 Å². The molecule has 7 heteroatoms. The standard InChI is InChI=1S/C13H17N5O2/c1-18-4-5-19-11(8-18)12-16-13(20-17-12)10-3-2-9(6-14)7-15-10/h2-3,7,11H,4-6,8,14H2,1H3. The number of aromatic nitrogens is 3. The molecule has 1 saturated heterocycles. The van der Waals surface area contributed by atoms with Gasteiger partial charge in [0.1, 0.15) is 11.8 Å². The van der Waals surface area contributed by atoms with Crippen LogP contribution in [0.25, 0.3) is 11.6 Å². The monoisotopic (exact) mass is 275 g/mol. The number of likely N-dealkylation sites (N-methyl/N-ethyl adjacent to an activating group) is 1. The number of nitrogens with two attached hydrogens (primary N) is 1. The summed E-state index contributed by atoms with van der Waals surface area (Å²) in [6.07, 6.45) is 1.57. The Labute approximate surface area is 116 Å². The van der Waals surface area contributed by atoms with E-state index < -0.39 is 0 Å². The van der Waals surface area contributed by atoms with Crippen molar-refractivity contribution in [2.24, 2.45) is 5.73 Å². The summed E-state index contributed by atoms with van der Waals surface area (Å²) >= 11 is 0. The summed E-state index contributed by atoms with van der Waals surface area (Å²) in [5.74, 6) is 0.969. The highest BCUT2D eigenvalue weighted by atomic mass is 16.5. The minimum atomic E-state index is -0.144. The lowest BCUT2D eigenvalue weighted by Crippen LogP contribution is -2.35. The molecule has 0 radical (unpaired) electrons. The highest BCUT2D eigenvalue weighted by Crippen LogP contribution is 2.22. The molecule has 0 spiro atoms. The molecule has 0 bridgehead atoms. The lowest BCUT2D eigenvalue weighted by Gasteiger charge is -2.27. The topological polar surface area (TPSA) is 90.3 Å². The fourth-order valence-electron chi connectivity index (χ4n) is 2.08. The van der Waals surface area contributed by atoms with Crippen LogP contribution < -0.4 is 5.73 Å². The summed E-state index contributed by atoms with van der Waals surface area (Å²) < 4.78 is 10.9. The van der Waals surface area contributed by atoms with Crippen molar-refractivity contribution in [2.45, 2.75) is 12.6 Å². The van der Waals surface area contributed by atoms with E-state index in [1.54, 1.807) is 6.20 Å². The first-order chi connectivity index (χ1) is 9.76. The van der Waals surface area contributed by atoms with Crippen LogP contribution in [0, 0.1) is 0 Å². The zero-order valence-corrected chi connectivity index (χ0v) is 11.3. The Balaban J connectivity index is 1.78. The summed E-state index contributed by atoms with van der Waals surface area (Å²) in [5, 5.41) is 3.99. The minimum absolute atomic E-state index is 0.144. The molecule has 2 N–H and O–H groups in total. The molecule has 3 heterocycles. The van der Waals surface area contributed by atoms with Gasteiger partial charge in [0.25, 0.3) is 5.89 Å². The SMILES string of the molecule is CN1CCOC(c2noc(-c3ccc(CN)cn3)n2)C1. The molecule has 1 unspecified atom stereocenters. The van der Waals surface area contributed by atoms with E-state index in [-0.39, 0.29) is 6.10 Å². The molecule has 0 amide bonds. The highest BCUT2D eigenvalue weighted by molar-refractivity contribution is 5.46. The van der Waals surface area contributed by atoms with Crippen molar-refractivity contribution in [3.8, 4) is 11.6 Å². The summed E-state index contributed by atoms with van der Waals surface area (Å²) in [7, 11) is 2.05. The number of ether oxygens (including phenoxy) is 1. The van der Waals surface area contributed by atoms with Gasteiger partial charge in [-0.3, -0.25) is 4.98 Å². The maximum Gasteiger partial charge on any atom is 0.276 e. The second-order valence-corrected chi connectivity index (χ2v) is 4.84. The predicted molar refractivity (Wildman–Crippen MR) is 71.6 cm³/mol. The summed E-state index contributed by atoms with van der Waals surface area (Å²) in [5.41, 5.74) is 7.15. The maximum absolute atomic E-state index is 5.66. The Bertz CT molecular complexity index is 568. The lowest BCUT2D eigenvalue weighted by molar-refractivity contribution is -0.0264. The number of rotatable bonds is 3. The number of pyridine rings is 1. The number of morpholine rings is 1. The van der Waals surface area contributed by atoms with Crippen molar-refractivity contribution in [2.75, 3.05) is 26.7 Å². The first-order valence-electron chi connectivity index (χ1n) is 6.55. The van der Waals surface area contributed by atoms with Gasteiger partial charge >= 0.3 is 0 Å². The molecule has 0 aliphatic carbocycles. The van der Waals surface area contributed by atoms with E-state index in [4.69, 9.17) is 15.0 Å². The lowest BCUT2D eigenvalue weighted by atomic mass is 10.2. The molecule has 0 saturated carbocycles. The average molecular weight is 275 g/mol. The van der Waals surface area contributed by atoms with Gasteiger partial charge in [-0.05, 0) is 18.7 Å². The van der Waals surface area contributed by atoms with Crippen LogP contribution in [0.4, 0.5) is 0 Å². The average Bonchev–Trinajstić information content (AvgIpc) is 2.97. The van der Waals surface area contributed by atoms with Crippen molar-refractivity contribution >= 4 is 0 Å². The molecule has 2 aromatic rings. The van der Waals surface area contributed by atoms with Crippen LogP contribution in [0.2, 0.25) is 0 Å². The molecule has 1 aliphatic rings. The highest BCUT2D eigenvalue weighted by Gasteiger charge is 2.24. The quantitative estimate of drug-likeness (QED) is 0.876. The van der Waals surface area contributed by atoms with Gasteiger partial charge < -0.3 is 19.9 Å². The fraction of sp³-hybridized carbons (Fsp3) is 0.462. The van der Waals surface area contributed by atoms with E-state index in [2.05, 4.69) is 20.0 Å². The number of nitrogens with zero attached hydrogens (tertiary/aromatic N) is 4. The van der Waals surface area contributed by atoms with Crippen molar-refractivity contribution in [3.63, 3.8) is 0 Å². The van der Waals surface area contributed by atoms with E-state index in [9.17, 15) is 0 Å². The van der Waals surface area contributed by atoms with Crippen LogP contribution >= 0.6 is 0 Å². The number of hydrogen-bond acceptors (Lipinski definition) is 7. The van der Waals surface area contributed by atoms with Crippen molar-refractivity contribution in [1.82, 2.24) is 20.0 Å². The fourth-order valence-corrected chi connectivity index (χ4v) is 2.08. The molecule has 106 valence electrons. The molecule has 1 fully saturated rings. The summed E-state index contributed by atoms with van der Waals surface area (Å²) in [6.45, 7) is 2.82. The van der Waals surface area contributed by atoms with Gasteiger partial charge in [0, 0.05) is 25.8 Å². The largest absolute Gasteiger partial charge is 0.367 e. The minimum Gasteiger partial charge on any atom is -0.367 e. The Morgan fingerprint density at radius 1 is 1.45 bits per heavy atom. The maximum atomic E-state index is 5.66. The predicted octanol–water partition coefficient (Wildman–Crippen LogP) is 0.593. The molecular formula is C13H17N5O2.